The number of rotatable bonds is 5. The molecule has 0 aliphatic heterocycles. The molecule has 0 fully saturated rings. The zero-order chi connectivity index (χ0) is 12.3. The van der Waals surface area contributed by atoms with Crippen LogP contribution in [0.2, 0.25) is 0 Å². The van der Waals surface area contributed by atoms with E-state index in [9.17, 15) is 0 Å². The quantitative estimate of drug-likeness (QED) is 0.883. The van der Waals surface area contributed by atoms with Gasteiger partial charge in [-0.15, -0.1) is 0 Å². The maximum atomic E-state index is 4.55. The molecule has 0 atom stereocenters. The molecule has 0 aliphatic rings. The summed E-state index contributed by atoms with van der Waals surface area (Å²) in [6.07, 6.45) is 6.25. The third-order valence-corrected chi connectivity index (χ3v) is 4.07. The van der Waals surface area contributed by atoms with Gasteiger partial charge < -0.3 is 9.72 Å². The van der Waals surface area contributed by atoms with Crippen molar-refractivity contribution in [2.45, 2.75) is 25.1 Å². The van der Waals surface area contributed by atoms with E-state index in [4.69, 9.17) is 0 Å². The van der Waals surface area contributed by atoms with Crippen LogP contribution in [0.1, 0.15) is 19.5 Å². The van der Waals surface area contributed by atoms with E-state index in [0.717, 1.165) is 24.4 Å². The Morgan fingerprint density at radius 3 is 2.94 bits per heavy atom. The van der Waals surface area contributed by atoms with Gasteiger partial charge in [-0.2, -0.15) is 11.8 Å². The van der Waals surface area contributed by atoms with Crippen LogP contribution < -0.4 is 5.32 Å². The van der Waals surface area contributed by atoms with Gasteiger partial charge in [-0.05, 0) is 32.2 Å². The Balaban J connectivity index is 1.95. The first-order valence-electron chi connectivity index (χ1n) is 5.79. The van der Waals surface area contributed by atoms with Gasteiger partial charge in [-0.1, -0.05) is 6.07 Å². The molecular formula is C13H19N3S. The fraction of sp³-hybridized carbons (Fsp3) is 0.462. The minimum atomic E-state index is 0.277. The Morgan fingerprint density at radius 1 is 1.41 bits per heavy atom. The molecule has 4 heteroatoms. The van der Waals surface area contributed by atoms with Crippen LogP contribution in [0.25, 0.3) is 5.65 Å². The lowest BCUT2D eigenvalue weighted by molar-refractivity contribution is 0.586. The molecule has 0 radical (unpaired) electrons. The van der Waals surface area contributed by atoms with Crippen LogP contribution >= 0.6 is 11.8 Å². The number of nitrogens with one attached hydrogen (secondary N) is 1. The average molecular weight is 249 g/mol. The summed E-state index contributed by atoms with van der Waals surface area (Å²) in [6.45, 7) is 6.30. The molecule has 0 aromatic carbocycles. The van der Waals surface area contributed by atoms with E-state index in [2.05, 4.69) is 41.0 Å². The summed E-state index contributed by atoms with van der Waals surface area (Å²) in [5, 5.41) is 3.46. The zero-order valence-corrected chi connectivity index (χ0v) is 11.4. The monoisotopic (exact) mass is 249 g/mol. The van der Waals surface area contributed by atoms with Gasteiger partial charge >= 0.3 is 0 Å². The van der Waals surface area contributed by atoms with Crippen LogP contribution in [-0.2, 0) is 6.54 Å². The minimum Gasteiger partial charge on any atom is -0.310 e. The highest BCUT2D eigenvalue weighted by Crippen LogP contribution is 2.19. The number of fused-ring (bicyclic) bond motifs is 1. The average Bonchev–Trinajstić information content (AvgIpc) is 2.71. The van der Waals surface area contributed by atoms with Gasteiger partial charge in [0.15, 0.2) is 0 Å². The molecule has 2 heterocycles. The second-order valence-electron chi connectivity index (χ2n) is 4.77. The van der Waals surface area contributed by atoms with Crippen molar-refractivity contribution >= 4 is 17.4 Å². The molecule has 2 rings (SSSR count). The topological polar surface area (TPSA) is 29.3 Å². The number of nitrogens with zero attached hydrogens (tertiary/aromatic N) is 2. The Morgan fingerprint density at radius 2 is 2.24 bits per heavy atom. The maximum Gasteiger partial charge on any atom is 0.137 e. The predicted molar refractivity (Wildman–Crippen MR) is 74.5 cm³/mol. The highest BCUT2D eigenvalue weighted by molar-refractivity contribution is 7.99. The van der Waals surface area contributed by atoms with Gasteiger partial charge in [0.1, 0.15) is 5.65 Å². The van der Waals surface area contributed by atoms with Gasteiger partial charge in [-0.25, -0.2) is 4.98 Å². The Hall–Kier alpha value is -1.00. The first-order chi connectivity index (χ1) is 8.11. The SMILES string of the molecule is CSC(C)(C)CNCc1cn2ccccc2n1. The van der Waals surface area contributed by atoms with Gasteiger partial charge in [0, 0.05) is 30.2 Å². The Kier molecular flexibility index (Phi) is 3.74. The minimum absolute atomic E-state index is 0.277. The highest BCUT2D eigenvalue weighted by atomic mass is 32.2. The molecule has 2 aromatic heterocycles. The smallest absolute Gasteiger partial charge is 0.137 e. The summed E-state index contributed by atoms with van der Waals surface area (Å²) in [5.74, 6) is 0. The van der Waals surface area contributed by atoms with Crippen molar-refractivity contribution in [1.29, 1.82) is 0 Å². The van der Waals surface area contributed by atoms with Gasteiger partial charge in [0.2, 0.25) is 0 Å². The fourth-order valence-corrected chi connectivity index (χ4v) is 1.88. The summed E-state index contributed by atoms with van der Waals surface area (Å²) in [4.78, 5) is 4.55. The number of thioether (sulfide) groups is 1. The summed E-state index contributed by atoms with van der Waals surface area (Å²) >= 11 is 1.88. The van der Waals surface area contributed by atoms with Crippen LogP contribution in [0.15, 0.2) is 30.6 Å². The van der Waals surface area contributed by atoms with Crippen LogP contribution in [0.3, 0.4) is 0 Å². The number of aromatic nitrogens is 2. The van der Waals surface area contributed by atoms with Crippen molar-refractivity contribution in [1.82, 2.24) is 14.7 Å². The molecule has 2 aromatic rings. The third-order valence-electron chi connectivity index (χ3n) is 2.82. The lowest BCUT2D eigenvalue weighted by Gasteiger charge is -2.21. The summed E-state index contributed by atoms with van der Waals surface area (Å²) in [5.41, 5.74) is 2.10. The molecule has 3 nitrogen and oxygen atoms in total. The van der Waals surface area contributed by atoms with E-state index in [1.807, 2.05) is 36.2 Å². The molecule has 1 N–H and O–H groups in total. The van der Waals surface area contributed by atoms with E-state index in [1.54, 1.807) is 0 Å². The first kappa shape index (κ1) is 12.5. The first-order valence-corrected chi connectivity index (χ1v) is 7.02. The largest absolute Gasteiger partial charge is 0.310 e. The third kappa shape index (κ3) is 3.23. The predicted octanol–water partition coefficient (Wildman–Crippen LogP) is 2.57. The van der Waals surface area contributed by atoms with Crippen molar-refractivity contribution in [2.24, 2.45) is 0 Å². The standard InChI is InChI=1S/C13H19N3S/c1-13(2,17-3)10-14-8-11-9-16-7-5-4-6-12(16)15-11/h4-7,9,14H,8,10H2,1-3H3. The van der Waals surface area contributed by atoms with E-state index >= 15 is 0 Å². The van der Waals surface area contributed by atoms with E-state index < -0.39 is 0 Å². The Labute approximate surface area is 107 Å². The van der Waals surface area contributed by atoms with Gasteiger partial charge in [0.25, 0.3) is 0 Å². The van der Waals surface area contributed by atoms with Crippen molar-refractivity contribution in [3.8, 4) is 0 Å². The van der Waals surface area contributed by atoms with Crippen molar-refractivity contribution < 1.29 is 0 Å². The molecule has 0 aliphatic carbocycles. The molecule has 92 valence electrons. The van der Waals surface area contributed by atoms with Crippen molar-refractivity contribution in [3.63, 3.8) is 0 Å². The summed E-state index contributed by atoms with van der Waals surface area (Å²) in [6, 6.07) is 6.05. The normalized spacial score (nSPS) is 12.2. The summed E-state index contributed by atoms with van der Waals surface area (Å²) in [7, 11) is 0. The second-order valence-corrected chi connectivity index (χ2v) is 6.28. The molecule has 0 bridgehead atoms. The lowest BCUT2D eigenvalue weighted by atomic mass is 10.2. The van der Waals surface area contributed by atoms with Crippen molar-refractivity contribution in [3.05, 3.63) is 36.3 Å². The number of hydrogen-bond acceptors (Lipinski definition) is 3. The number of pyridine rings is 1. The molecular weight excluding hydrogens is 230 g/mol. The van der Waals surface area contributed by atoms with Crippen LogP contribution in [-0.4, -0.2) is 26.9 Å². The molecule has 0 amide bonds. The van der Waals surface area contributed by atoms with Crippen LogP contribution in [0, 0.1) is 0 Å². The molecule has 0 saturated heterocycles. The number of imidazole rings is 1. The Bertz CT molecular complexity index is 457. The highest BCUT2D eigenvalue weighted by Gasteiger charge is 2.14. The molecule has 17 heavy (non-hydrogen) atoms. The van der Waals surface area contributed by atoms with E-state index in [1.165, 1.54) is 0 Å². The fourth-order valence-electron chi connectivity index (χ4n) is 1.64. The maximum absolute atomic E-state index is 4.55. The lowest BCUT2D eigenvalue weighted by Crippen LogP contribution is -2.31. The summed E-state index contributed by atoms with van der Waals surface area (Å²) < 4.78 is 2.33. The van der Waals surface area contributed by atoms with E-state index in [0.29, 0.717) is 0 Å². The zero-order valence-electron chi connectivity index (χ0n) is 10.6. The van der Waals surface area contributed by atoms with Crippen LogP contribution in [0.4, 0.5) is 0 Å². The van der Waals surface area contributed by atoms with E-state index in [-0.39, 0.29) is 4.75 Å². The molecule has 0 unspecified atom stereocenters. The second kappa shape index (κ2) is 5.10. The van der Waals surface area contributed by atoms with Gasteiger partial charge in [-0.3, -0.25) is 0 Å². The molecule has 0 spiro atoms. The van der Waals surface area contributed by atoms with Crippen molar-refractivity contribution in [2.75, 3.05) is 12.8 Å². The number of hydrogen-bond donors (Lipinski definition) is 1. The van der Waals surface area contributed by atoms with Crippen LogP contribution in [0.5, 0.6) is 0 Å². The molecule has 0 saturated carbocycles. The van der Waals surface area contributed by atoms with Gasteiger partial charge in [0.05, 0.1) is 5.69 Å².